The molecular weight excluding hydrogens is 382 g/mol. The lowest BCUT2D eigenvalue weighted by Gasteiger charge is -2.31. The van der Waals surface area contributed by atoms with Crippen LogP contribution in [0.15, 0.2) is 30.3 Å². The highest BCUT2D eigenvalue weighted by molar-refractivity contribution is 7.81. The molecule has 0 spiro atoms. The molecule has 148 valence electrons. The fourth-order valence-corrected chi connectivity index (χ4v) is 3.18. The first-order valence-corrected chi connectivity index (χ1v) is 8.79. The van der Waals surface area contributed by atoms with Crippen molar-refractivity contribution in [3.63, 3.8) is 0 Å². The quantitative estimate of drug-likeness (QED) is 0.471. The van der Waals surface area contributed by atoms with E-state index in [0.717, 1.165) is 6.07 Å². The number of hydrogen-bond donors (Lipinski definition) is 5. The lowest BCUT2D eigenvalue weighted by Crippen LogP contribution is -2.30. The molecular formula is C16H19NO9S. The molecule has 1 aliphatic heterocycles. The van der Waals surface area contributed by atoms with Crippen LogP contribution in [-0.2, 0) is 16.8 Å². The van der Waals surface area contributed by atoms with E-state index < -0.39 is 22.6 Å². The summed E-state index contributed by atoms with van der Waals surface area (Å²) in [5.74, 6) is -0.513. The minimum atomic E-state index is -4.82. The number of benzene rings is 2. The molecule has 3 rings (SSSR count). The highest BCUT2D eigenvalue weighted by Gasteiger charge is 2.33. The number of fused-ring (bicyclic) bond motifs is 1. The Balaban J connectivity index is 0.00000261. The Morgan fingerprint density at radius 2 is 1.85 bits per heavy atom. The Kier molecular flexibility index (Phi) is 5.70. The lowest BCUT2D eigenvalue weighted by atomic mass is 9.94. The highest BCUT2D eigenvalue weighted by Crippen LogP contribution is 2.43. The van der Waals surface area contributed by atoms with Crippen LogP contribution < -0.4 is 19.8 Å². The van der Waals surface area contributed by atoms with E-state index in [9.17, 15) is 23.7 Å². The first-order chi connectivity index (χ1) is 12.2. The van der Waals surface area contributed by atoms with Gasteiger partial charge in [-0.15, -0.1) is 0 Å². The molecule has 27 heavy (non-hydrogen) atoms. The van der Waals surface area contributed by atoms with Gasteiger partial charge in [-0.2, -0.15) is 8.42 Å². The third-order valence-electron chi connectivity index (χ3n) is 3.90. The smallest absolute Gasteiger partial charge is 0.446 e. The number of methoxy groups -OCH3 is 1. The van der Waals surface area contributed by atoms with Crippen LogP contribution in [0.25, 0.3) is 0 Å². The molecule has 0 saturated carbocycles. The number of ether oxygens (including phenoxy) is 2. The first kappa shape index (κ1) is 20.6. The van der Waals surface area contributed by atoms with Crippen molar-refractivity contribution in [3.8, 4) is 28.7 Å². The SMILES string of the molecule is COc1ccc([C@H]2Oc3cc(O)cc(OS(=O)(=O)O)c3C[C@H]2O)cc1O.N. The summed E-state index contributed by atoms with van der Waals surface area (Å²) in [4.78, 5) is 0. The van der Waals surface area contributed by atoms with E-state index in [1.54, 1.807) is 6.07 Å². The van der Waals surface area contributed by atoms with Crippen LogP contribution >= 0.6 is 0 Å². The first-order valence-electron chi connectivity index (χ1n) is 7.42. The van der Waals surface area contributed by atoms with Gasteiger partial charge in [0.2, 0.25) is 0 Å². The van der Waals surface area contributed by atoms with Gasteiger partial charge in [0.05, 0.1) is 13.2 Å². The molecule has 0 bridgehead atoms. The highest BCUT2D eigenvalue weighted by atomic mass is 32.3. The molecule has 0 unspecified atom stereocenters. The summed E-state index contributed by atoms with van der Waals surface area (Å²) >= 11 is 0. The summed E-state index contributed by atoms with van der Waals surface area (Å²) in [6.45, 7) is 0. The minimum absolute atomic E-state index is 0. The number of aliphatic hydroxyl groups excluding tert-OH is 1. The third kappa shape index (κ3) is 4.34. The second-order valence-electron chi connectivity index (χ2n) is 5.67. The minimum Gasteiger partial charge on any atom is -0.508 e. The van der Waals surface area contributed by atoms with Gasteiger partial charge >= 0.3 is 10.4 Å². The van der Waals surface area contributed by atoms with Crippen LogP contribution in [0.5, 0.6) is 28.7 Å². The Labute approximate surface area is 155 Å². The average Bonchev–Trinajstić information content (AvgIpc) is 2.53. The molecule has 11 heteroatoms. The van der Waals surface area contributed by atoms with Crippen molar-refractivity contribution in [3.05, 3.63) is 41.5 Å². The summed E-state index contributed by atoms with van der Waals surface area (Å²) in [6, 6.07) is 6.69. The van der Waals surface area contributed by atoms with Crippen LogP contribution in [0.4, 0.5) is 0 Å². The van der Waals surface area contributed by atoms with Crippen LogP contribution in [-0.4, -0.2) is 41.5 Å². The number of phenols is 2. The predicted molar refractivity (Wildman–Crippen MR) is 93.0 cm³/mol. The van der Waals surface area contributed by atoms with E-state index in [2.05, 4.69) is 4.18 Å². The molecule has 10 nitrogen and oxygen atoms in total. The van der Waals surface area contributed by atoms with Crippen molar-refractivity contribution in [2.75, 3.05) is 7.11 Å². The molecule has 2 aromatic carbocycles. The Hall–Kier alpha value is -2.73. The Morgan fingerprint density at radius 3 is 2.44 bits per heavy atom. The van der Waals surface area contributed by atoms with Gasteiger partial charge in [-0.3, -0.25) is 4.55 Å². The number of rotatable bonds is 4. The zero-order valence-electron chi connectivity index (χ0n) is 14.2. The van der Waals surface area contributed by atoms with Crippen molar-refractivity contribution in [2.45, 2.75) is 18.6 Å². The zero-order chi connectivity index (χ0) is 19.1. The second kappa shape index (κ2) is 7.48. The van der Waals surface area contributed by atoms with Gasteiger partial charge in [-0.25, -0.2) is 0 Å². The van der Waals surface area contributed by atoms with E-state index >= 15 is 0 Å². The normalized spacial score (nSPS) is 18.6. The van der Waals surface area contributed by atoms with Crippen LogP contribution in [0.2, 0.25) is 0 Å². The van der Waals surface area contributed by atoms with Crippen molar-refractivity contribution in [1.29, 1.82) is 0 Å². The molecule has 0 saturated heterocycles. The molecule has 0 aliphatic carbocycles. The zero-order valence-corrected chi connectivity index (χ0v) is 15.0. The molecule has 2 atom stereocenters. The van der Waals surface area contributed by atoms with Crippen molar-refractivity contribution < 1.29 is 41.9 Å². The topological polar surface area (TPSA) is 178 Å². The van der Waals surface area contributed by atoms with Gasteiger partial charge in [-0.1, -0.05) is 6.07 Å². The summed E-state index contributed by atoms with van der Waals surface area (Å²) in [5, 5.41) is 30.1. The number of phenolic OH excluding ortho intramolecular Hbond substituents is 2. The fraction of sp³-hybridized carbons (Fsp3) is 0.250. The lowest BCUT2D eigenvalue weighted by molar-refractivity contribution is 0.0199. The summed E-state index contributed by atoms with van der Waals surface area (Å²) in [7, 11) is -3.42. The van der Waals surface area contributed by atoms with Gasteiger partial charge < -0.3 is 35.1 Å². The Morgan fingerprint density at radius 1 is 1.15 bits per heavy atom. The van der Waals surface area contributed by atoms with Crippen molar-refractivity contribution >= 4 is 10.4 Å². The van der Waals surface area contributed by atoms with E-state index in [1.807, 2.05) is 0 Å². The molecule has 1 aliphatic rings. The third-order valence-corrected chi connectivity index (χ3v) is 4.29. The largest absolute Gasteiger partial charge is 0.508 e. The van der Waals surface area contributed by atoms with Crippen LogP contribution in [0.1, 0.15) is 17.2 Å². The molecule has 0 aromatic heterocycles. The molecule has 1 heterocycles. The van der Waals surface area contributed by atoms with Crippen LogP contribution in [0, 0.1) is 0 Å². The van der Waals surface area contributed by atoms with Crippen LogP contribution in [0.3, 0.4) is 0 Å². The Bertz CT molecular complexity index is 945. The molecule has 0 amide bonds. The number of hydrogen-bond acceptors (Lipinski definition) is 9. The van der Waals surface area contributed by atoms with E-state index in [-0.39, 0.29) is 46.9 Å². The molecule has 2 aromatic rings. The van der Waals surface area contributed by atoms with Gasteiger partial charge in [0.25, 0.3) is 0 Å². The maximum absolute atomic E-state index is 11.0. The van der Waals surface area contributed by atoms with E-state index in [4.69, 9.17) is 14.0 Å². The maximum atomic E-state index is 11.0. The molecule has 7 N–H and O–H groups in total. The van der Waals surface area contributed by atoms with E-state index in [0.29, 0.717) is 5.56 Å². The van der Waals surface area contributed by atoms with Crippen molar-refractivity contribution in [1.82, 2.24) is 6.15 Å². The average molecular weight is 401 g/mol. The van der Waals surface area contributed by atoms with Gasteiger partial charge in [-0.05, 0) is 17.7 Å². The molecule has 0 radical (unpaired) electrons. The van der Waals surface area contributed by atoms with E-state index in [1.165, 1.54) is 25.3 Å². The number of aromatic hydroxyl groups is 2. The standard InChI is InChI=1S/C16H16O9S.H3N/c1-23-13-3-2-8(4-11(13)18)16-12(19)7-10-14(24-16)5-9(17)6-15(10)25-26(20,21)22;/h2-6,12,16-19H,7H2,1H3,(H,20,21,22);1H3/t12-,16-;/m1./s1. The summed E-state index contributed by atoms with van der Waals surface area (Å²) < 4.78 is 45.9. The summed E-state index contributed by atoms with van der Waals surface area (Å²) in [5.41, 5.74) is 0.615. The fourth-order valence-electron chi connectivity index (χ4n) is 2.81. The van der Waals surface area contributed by atoms with Gasteiger partial charge in [0, 0.05) is 24.1 Å². The van der Waals surface area contributed by atoms with Crippen molar-refractivity contribution in [2.24, 2.45) is 0 Å². The van der Waals surface area contributed by atoms with Gasteiger partial charge in [0.1, 0.15) is 17.6 Å². The number of aliphatic hydroxyl groups is 1. The monoisotopic (exact) mass is 401 g/mol. The maximum Gasteiger partial charge on any atom is 0.446 e. The molecule has 0 fully saturated rings. The second-order valence-corrected chi connectivity index (χ2v) is 6.69. The van der Waals surface area contributed by atoms with Gasteiger partial charge in [0.15, 0.2) is 17.2 Å². The summed E-state index contributed by atoms with van der Waals surface area (Å²) in [6.07, 6.45) is -2.07. The predicted octanol–water partition coefficient (Wildman–Crippen LogP) is 1.49.